The van der Waals surface area contributed by atoms with Crippen molar-refractivity contribution in [2.75, 3.05) is 26.8 Å². The first kappa shape index (κ1) is 18.7. The van der Waals surface area contributed by atoms with E-state index in [1.807, 2.05) is 0 Å². The lowest BCUT2D eigenvalue weighted by atomic mass is 9.88. The third kappa shape index (κ3) is 3.42. The number of rotatable bonds is 5. The second-order valence-electron chi connectivity index (χ2n) is 6.26. The molecule has 1 unspecified atom stereocenters. The van der Waals surface area contributed by atoms with E-state index in [2.05, 4.69) is 5.10 Å². The summed E-state index contributed by atoms with van der Waals surface area (Å²) in [4.78, 5) is 25.9. The number of carboxylic acid groups (broad SMARTS) is 1. The summed E-state index contributed by atoms with van der Waals surface area (Å²) < 4.78 is 6.54. The molecule has 0 spiro atoms. The van der Waals surface area contributed by atoms with Crippen LogP contribution in [0.5, 0.6) is 0 Å². The molecule has 1 aromatic carbocycles. The molecule has 1 aliphatic heterocycles. The molecule has 1 amide bonds. The number of likely N-dealkylation sites (tertiary alicyclic amines) is 1. The van der Waals surface area contributed by atoms with Gasteiger partial charge in [-0.2, -0.15) is 5.10 Å². The quantitative estimate of drug-likeness (QED) is 0.838. The van der Waals surface area contributed by atoms with E-state index >= 15 is 0 Å². The van der Waals surface area contributed by atoms with Crippen LogP contribution in [0.1, 0.15) is 16.8 Å². The molecule has 0 bridgehead atoms. The van der Waals surface area contributed by atoms with Gasteiger partial charge in [0.05, 0.1) is 29.1 Å². The van der Waals surface area contributed by atoms with Gasteiger partial charge in [0, 0.05) is 31.4 Å². The summed E-state index contributed by atoms with van der Waals surface area (Å²) in [6.07, 6.45) is 3.35. The number of carbonyl (C=O) groups is 2. The van der Waals surface area contributed by atoms with E-state index in [-0.39, 0.29) is 19.1 Å². The topological polar surface area (TPSA) is 84.7 Å². The van der Waals surface area contributed by atoms with E-state index in [0.717, 1.165) is 0 Å². The SMILES string of the molecule is COCC1(C(=O)O)CCN(C(=O)c2cnn(-c3ccc(Cl)cc3Cl)c2)C1. The number of aromatic nitrogens is 2. The number of nitrogens with zero attached hydrogens (tertiary/aromatic N) is 3. The maximum atomic E-state index is 12.7. The van der Waals surface area contributed by atoms with Crippen LogP contribution in [-0.4, -0.2) is 58.5 Å². The first-order valence-corrected chi connectivity index (χ1v) is 8.63. The van der Waals surface area contributed by atoms with Crippen LogP contribution in [0.15, 0.2) is 30.6 Å². The lowest BCUT2D eigenvalue weighted by Crippen LogP contribution is -2.40. The van der Waals surface area contributed by atoms with Crippen LogP contribution in [0.25, 0.3) is 5.69 Å². The maximum absolute atomic E-state index is 12.7. The van der Waals surface area contributed by atoms with Gasteiger partial charge in [-0.3, -0.25) is 9.59 Å². The molecule has 0 aliphatic carbocycles. The Labute approximate surface area is 160 Å². The Morgan fingerprint density at radius 1 is 1.38 bits per heavy atom. The Balaban J connectivity index is 1.80. The Kier molecular flexibility index (Phi) is 5.22. The monoisotopic (exact) mass is 397 g/mol. The van der Waals surface area contributed by atoms with Gasteiger partial charge in [0.15, 0.2) is 0 Å². The zero-order chi connectivity index (χ0) is 18.9. The largest absolute Gasteiger partial charge is 0.481 e. The second-order valence-corrected chi connectivity index (χ2v) is 7.11. The summed E-state index contributed by atoms with van der Waals surface area (Å²) in [5.41, 5.74) is -0.120. The maximum Gasteiger partial charge on any atom is 0.313 e. The highest BCUT2D eigenvalue weighted by molar-refractivity contribution is 6.35. The van der Waals surface area contributed by atoms with E-state index in [1.165, 1.54) is 22.9 Å². The first-order chi connectivity index (χ1) is 12.4. The molecule has 2 aromatic rings. The molecular weight excluding hydrogens is 381 g/mol. The Morgan fingerprint density at radius 2 is 2.15 bits per heavy atom. The van der Waals surface area contributed by atoms with Crippen molar-refractivity contribution >= 4 is 35.1 Å². The number of halogens is 2. The fourth-order valence-electron chi connectivity index (χ4n) is 3.09. The molecule has 0 radical (unpaired) electrons. The average Bonchev–Trinajstić information content (AvgIpc) is 3.23. The molecule has 1 atom stereocenters. The highest BCUT2D eigenvalue weighted by atomic mass is 35.5. The highest BCUT2D eigenvalue weighted by Crippen LogP contribution is 2.32. The van der Waals surface area contributed by atoms with Crippen LogP contribution in [0.2, 0.25) is 10.0 Å². The predicted octanol–water partition coefficient (Wildman–Crippen LogP) is 2.74. The van der Waals surface area contributed by atoms with Crippen LogP contribution in [0.4, 0.5) is 0 Å². The summed E-state index contributed by atoms with van der Waals surface area (Å²) in [6, 6.07) is 4.97. The third-order valence-corrected chi connectivity index (χ3v) is 5.04. The number of amides is 1. The molecule has 1 saturated heterocycles. The summed E-state index contributed by atoms with van der Waals surface area (Å²) >= 11 is 12.1. The molecule has 1 aliphatic rings. The van der Waals surface area contributed by atoms with Crippen molar-refractivity contribution in [3.8, 4) is 5.69 Å². The number of aliphatic carboxylic acids is 1. The van der Waals surface area contributed by atoms with E-state index in [4.69, 9.17) is 27.9 Å². The number of carbonyl (C=O) groups excluding carboxylic acids is 1. The van der Waals surface area contributed by atoms with Crippen LogP contribution in [0.3, 0.4) is 0 Å². The summed E-state index contributed by atoms with van der Waals surface area (Å²) in [5, 5.41) is 14.6. The molecular formula is C17H17Cl2N3O4. The molecule has 7 nitrogen and oxygen atoms in total. The molecule has 1 fully saturated rings. The van der Waals surface area contributed by atoms with Gasteiger partial charge < -0.3 is 14.7 Å². The zero-order valence-corrected chi connectivity index (χ0v) is 15.5. The predicted molar refractivity (Wildman–Crippen MR) is 96.0 cm³/mol. The van der Waals surface area contributed by atoms with Gasteiger partial charge in [-0.05, 0) is 24.6 Å². The van der Waals surface area contributed by atoms with Crippen LogP contribution in [0, 0.1) is 5.41 Å². The normalized spacial score (nSPS) is 19.7. The van der Waals surface area contributed by atoms with Gasteiger partial charge in [-0.15, -0.1) is 0 Å². The van der Waals surface area contributed by atoms with Gasteiger partial charge in [-0.1, -0.05) is 23.2 Å². The van der Waals surface area contributed by atoms with Crippen molar-refractivity contribution in [3.05, 3.63) is 46.2 Å². The molecule has 2 heterocycles. The van der Waals surface area contributed by atoms with E-state index in [0.29, 0.717) is 34.3 Å². The molecule has 26 heavy (non-hydrogen) atoms. The van der Waals surface area contributed by atoms with E-state index in [1.54, 1.807) is 24.4 Å². The fourth-order valence-corrected chi connectivity index (χ4v) is 3.59. The van der Waals surface area contributed by atoms with Crippen molar-refractivity contribution in [1.29, 1.82) is 0 Å². The van der Waals surface area contributed by atoms with Crippen molar-refractivity contribution in [2.45, 2.75) is 6.42 Å². The van der Waals surface area contributed by atoms with Gasteiger partial charge in [-0.25, -0.2) is 4.68 Å². The number of ether oxygens (including phenoxy) is 1. The van der Waals surface area contributed by atoms with E-state index in [9.17, 15) is 14.7 Å². The minimum atomic E-state index is -1.07. The minimum absolute atomic E-state index is 0.0613. The number of benzene rings is 1. The van der Waals surface area contributed by atoms with Gasteiger partial charge >= 0.3 is 5.97 Å². The van der Waals surface area contributed by atoms with Crippen molar-refractivity contribution in [1.82, 2.24) is 14.7 Å². The van der Waals surface area contributed by atoms with Crippen molar-refractivity contribution < 1.29 is 19.4 Å². The van der Waals surface area contributed by atoms with Crippen molar-refractivity contribution in [3.63, 3.8) is 0 Å². The zero-order valence-electron chi connectivity index (χ0n) is 14.0. The summed E-state index contributed by atoms with van der Waals surface area (Å²) in [6.45, 7) is 0.509. The molecule has 1 aromatic heterocycles. The number of carboxylic acids is 1. The Morgan fingerprint density at radius 3 is 2.81 bits per heavy atom. The smallest absolute Gasteiger partial charge is 0.313 e. The van der Waals surface area contributed by atoms with Crippen LogP contribution >= 0.6 is 23.2 Å². The van der Waals surface area contributed by atoms with Gasteiger partial charge in [0.25, 0.3) is 5.91 Å². The third-order valence-electron chi connectivity index (χ3n) is 4.50. The molecule has 138 valence electrons. The second kappa shape index (κ2) is 7.26. The van der Waals surface area contributed by atoms with Crippen LogP contribution < -0.4 is 0 Å². The minimum Gasteiger partial charge on any atom is -0.481 e. The molecule has 9 heteroatoms. The number of methoxy groups -OCH3 is 1. The number of hydrogen-bond acceptors (Lipinski definition) is 4. The van der Waals surface area contributed by atoms with Gasteiger partial charge in [0.2, 0.25) is 0 Å². The first-order valence-electron chi connectivity index (χ1n) is 7.88. The molecule has 0 saturated carbocycles. The van der Waals surface area contributed by atoms with Gasteiger partial charge in [0.1, 0.15) is 5.41 Å². The van der Waals surface area contributed by atoms with E-state index < -0.39 is 11.4 Å². The molecule has 1 N–H and O–H groups in total. The van der Waals surface area contributed by atoms with Crippen LogP contribution in [-0.2, 0) is 9.53 Å². The standard InChI is InChI=1S/C17H17Cl2N3O4/c1-26-10-17(16(24)25)4-5-21(9-17)15(23)11-7-20-22(8-11)14-3-2-12(18)6-13(14)19/h2-3,6-8H,4-5,9-10H2,1H3,(H,24,25). The lowest BCUT2D eigenvalue weighted by molar-refractivity contribution is -0.151. The summed E-state index contributed by atoms with van der Waals surface area (Å²) in [7, 11) is 1.45. The fraction of sp³-hybridized carbons (Fsp3) is 0.353. The molecule has 3 rings (SSSR count). The Hall–Kier alpha value is -2.09. The van der Waals surface area contributed by atoms with Crippen molar-refractivity contribution in [2.24, 2.45) is 5.41 Å². The lowest BCUT2D eigenvalue weighted by Gasteiger charge is -2.23. The summed E-state index contributed by atoms with van der Waals surface area (Å²) in [5.74, 6) is -1.24. The Bertz CT molecular complexity index is 854. The average molecular weight is 398 g/mol. The number of hydrogen-bond donors (Lipinski definition) is 1. The highest BCUT2D eigenvalue weighted by Gasteiger charge is 2.46.